The zero-order valence-corrected chi connectivity index (χ0v) is 9.77. The fourth-order valence-corrected chi connectivity index (χ4v) is 2.90. The molecule has 1 aromatic carbocycles. The zero-order valence-electron chi connectivity index (χ0n) is 9.77. The second-order valence-electron chi connectivity index (χ2n) is 4.86. The van der Waals surface area contributed by atoms with E-state index in [1.807, 2.05) is 12.1 Å². The molecule has 1 aliphatic heterocycles. The van der Waals surface area contributed by atoms with Crippen LogP contribution in [-0.2, 0) is 9.53 Å². The topological polar surface area (TPSA) is 55.8 Å². The average Bonchev–Trinajstić information content (AvgIpc) is 2.59. The van der Waals surface area contributed by atoms with Crippen molar-refractivity contribution in [3.63, 3.8) is 0 Å². The van der Waals surface area contributed by atoms with E-state index in [0.29, 0.717) is 12.2 Å². The molecule has 1 saturated heterocycles. The summed E-state index contributed by atoms with van der Waals surface area (Å²) in [5, 5.41) is 10.3. The number of hydrogen-bond donors (Lipinski definition) is 1. The molecule has 3 atom stereocenters. The van der Waals surface area contributed by atoms with Crippen LogP contribution in [0.3, 0.4) is 0 Å². The Kier molecular flexibility index (Phi) is 2.01. The highest BCUT2D eigenvalue weighted by Crippen LogP contribution is 2.53. The van der Waals surface area contributed by atoms with Crippen LogP contribution < -0.4 is 4.74 Å². The molecule has 3 rings (SSSR count). The molecule has 0 spiro atoms. The van der Waals surface area contributed by atoms with Gasteiger partial charge < -0.3 is 14.6 Å². The third kappa shape index (κ3) is 1.24. The molecule has 0 amide bonds. The Morgan fingerprint density at radius 1 is 1.53 bits per heavy atom. The molecule has 90 valence electrons. The normalized spacial score (nSPS) is 34.2. The third-order valence-corrected chi connectivity index (χ3v) is 3.77. The summed E-state index contributed by atoms with van der Waals surface area (Å²) in [7, 11) is 1.57. The van der Waals surface area contributed by atoms with Crippen LogP contribution >= 0.6 is 0 Å². The first-order valence-corrected chi connectivity index (χ1v) is 5.64. The minimum atomic E-state index is -0.791. The molecule has 0 unspecified atom stereocenters. The number of fused-ring (bicyclic) bond motifs is 4. The van der Waals surface area contributed by atoms with Crippen molar-refractivity contribution in [3.8, 4) is 5.75 Å². The molecule has 2 bridgehead atoms. The molecular weight excluding hydrogens is 220 g/mol. The largest absolute Gasteiger partial charge is 0.496 e. The lowest BCUT2D eigenvalue weighted by atomic mass is 9.75. The Hall–Kier alpha value is -1.55. The number of carbonyl (C=O) groups is 1. The summed E-state index contributed by atoms with van der Waals surface area (Å²) in [6.07, 6.45) is -0.268. The van der Waals surface area contributed by atoms with Gasteiger partial charge in [-0.05, 0) is 18.6 Å². The van der Waals surface area contributed by atoms with Gasteiger partial charge in [0.05, 0.1) is 13.0 Å². The quantitative estimate of drug-likeness (QED) is 0.749. The summed E-state index contributed by atoms with van der Waals surface area (Å²) in [6.45, 7) is 1.78. The van der Waals surface area contributed by atoms with Crippen LogP contribution in [0.25, 0.3) is 0 Å². The lowest BCUT2D eigenvalue weighted by molar-refractivity contribution is -0.156. The fourth-order valence-electron chi connectivity index (χ4n) is 2.90. The van der Waals surface area contributed by atoms with Gasteiger partial charge in [0.15, 0.2) is 0 Å². The summed E-state index contributed by atoms with van der Waals surface area (Å²) in [5.41, 5.74) is 0.734. The number of ether oxygens (including phenoxy) is 2. The molecular formula is C13H14O4. The van der Waals surface area contributed by atoms with Crippen molar-refractivity contribution in [2.75, 3.05) is 7.11 Å². The highest BCUT2D eigenvalue weighted by molar-refractivity contribution is 5.84. The van der Waals surface area contributed by atoms with E-state index in [2.05, 4.69) is 0 Å². The van der Waals surface area contributed by atoms with Crippen molar-refractivity contribution in [1.82, 2.24) is 0 Å². The van der Waals surface area contributed by atoms with Gasteiger partial charge in [0, 0.05) is 12.0 Å². The Bertz CT molecular complexity index is 496. The minimum absolute atomic E-state index is 0.269. The van der Waals surface area contributed by atoms with E-state index in [4.69, 9.17) is 9.47 Å². The number of rotatable bonds is 1. The lowest BCUT2D eigenvalue weighted by Gasteiger charge is -2.33. The maximum absolute atomic E-state index is 11.8. The van der Waals surface area contributed by atoms with Gasteiger partial charge in [-0.2, -0.15) is 0 Å². The maximum atomic E-state index is 11.8. The van der Waals surface area contributed by atoms with Crippen molar-refractivity contribution in [2.24, 2.45) is 0 Å². The van der Waals surface area contributed by atoms with Gasteiger partial charge in [-0.1, -0.05) is 12.1 Å². The lowest BCUT2D eigenvalue weighted by Crippen LogP contribution is -2.35. The van der Waals surface area contributed by atoms with E-state index >= 15 is 0 Å². The number of aliphatic hydroxyl groups is 1. The van der Waals surface area contributed by atoms with Crippen molar-refractivity contribution in [2.45, 2.75) is 31.0 Å². The summed E-state index contributed by atoms with van der Waals surface area (Å²) in [5.74, 6) is 0.0665. The fraction of sp³-hybridized carbons (Fsp3) is 0.462. The number of carbonyl (C=O) groups excluding carboxylic acids is 1. The molecule has 0 aromatic heterocycles. The van der Waals surface area contributed by atoms with Crippen LogP contribution in [-0.4, -0.2) is 23.8 Å². The van der Waals surface area contributed by atoms with E-state index in [1.54, 1.807) is 20.1 Å². The van der Waals surface area contributed by atoms with E-state index in [1.165, 1.54) is 0 Å². The number of aliphatic hydroxyl groups excluding tert-OH is 1. The van der Waals surface area contributed by atoms with Gasteiger partial charge in [0.1, 0.15) is 17.5 Å². The van der Waals surface area contributed by atoms with Crippen LogP contribution in [0.5, 0.6) is 5.75 Å². The zero-order chi connectivity index (χ0) is 12.2. The Labute approximate surface area is 99.2 Å². The van der Waals surface area contributed by atoms with Crippen LogP contribution in [0.15, 0.2) is 18.2 Å². The molecule has 1 N–H and O–H groups in total. The number of benzene rings is 1. The molecule has 1 heterocycles. The monoisotopic (exact) mass is 234 g/mol. The highest BCUT2D eigenvalue weighted by atomic mass is 16.6. The van der Waals surface area contributed by atoms with Gasteiger partial charge in [0.2, 0.25) is 0 Å². The number of methoxy groups -OCH3 is 1. The van der Waals surface area contributed by atoms with Crippen LogP contribution in [0.2, 0.25) is 0 Å². The molecule has 1 fully saturated rings. The standard InChI is InChI=1S/C13H14O4/c1-13-6-8(12(15)17-13)10-7(11(13)14)4-3-5-9(10)16-2/h3-5,8,11,14H,6H2,1-2H3/t8-,11+,13+/m0/s1. The molecule has 17 heavy (non-hydrogen) atoms. The van der Waals surface area contributed by atoms with Crippen molar-refractivity contribution in [3.05, 3.63) is 29.3 Å². The third-order valence-electron chi connectivity index (χ3n) is 3.77. The summed E-state index contributed by atoms with van der Waals surface area (Å²) >= 11 is 0. The van der Waals surface area contributed by atoms with Crippen molar-refractivity contribution in [1.29, 1.82) is 0 Å². The number of esters is 1. The van der Waals surface area contributed by atoms with Gasteiger partial charge in [-0.25, -0.2) is 0 Å². The van der Waals surface area contributed by atoms with E-state index < -0.39 is 11.7 Å². The summed E-state index contributed by atoms with van der Waals surface area (Å²) < 4.78 is 10.6. The van der Waals surface area contributed by atoms with Crippen molar-refractivity contribution < 1.29 is 19.4 Å². The van der Waals surface area contributed by atoms with Crippen LogP contribution in [0.4, 0.5) is 0 Å². The second-order valence-corrected chi connectivity index (χ2v) is 4.86. The molecule has 0 radical (unpaired) electrons. The van der Waals surface area contributed by atoms with E-state index in [9.17, 15) is 9.90 Å². The van der Waals surface area contributed by atoms with Gasteiger partial charge >= 0.3 is 5.97 Å². The summed E-state index contributed by atoms with van der Waals surface area (Å²) in [6, 6.07) is 5.45. The molecule has 0 saturated carbocycles. The molecule has 4 nitrogen and oxygen atoms in total. The van der Waals surface area contributed by atoms with Crippen molar-refractivity contribution >= 4 is 5.97 Å². The Balaban J connectivity index is 2.25. The smallest absolute Gasteiger partial charge is 0.314 e. The predicted molar refractivity (Wildman–Crippen MR) is 59.8 cm³/mol. The molecule has 1 aromatic rings. The first-order valence-electron chi connectivity index (χ1n) is 5.64. The Morgan fingerprint density at radius 2 is 2.29 bits per heavy atom. The number of hydrogen-bond acceptors (Lipinski definition) is 4. The van der Waals surface area contributed by atoms with Crippen LogP contribution in [0.1, 0.15) is 36.5 Å². The molecule has 1 aliphatic carbocycles. The van der Waals surface area contributed by atoms with Crippen LogP contribution in [0, 0.1) is 0 Å². The van der Waals surface area contributed by atoms with E-state index in [0.717, 1.165) is 11.1 Å². The Morgan fingerprint density at radius 3 is 3.00 bits per heavy atom. The van der Waals surface area contributed by atoms with Gasteiger partial charge in [-0.3, -0.25) is 4.79 Å². The minimum Gasteiger partial charge on any atom is -0.496 e. The van der Waals surface area contributed by atoms with Gasteiger partial charge in [0.25, 0.3) is 0 Å². The average molecular weight is 234 g/mol. The molecule has 4 heteroatoms. The SMILES string of the molecule is COc1cccc2c1[C@@H]1C[C@@](C)(OC1=O)[C@@H]2O. The summed E-state index contributed by atoms with van der Waals surface area (Å²) in [4.78, 5) is 11.8. The predicted octanol–water partition coefficient (Wildman–Crippen LogP) is 1.53. The highest BCUT2D eigenvalue weighted by Gasteiger charge is 2.55. The second kappa shape index (κ2) is 3.23. The first kappa shape index (κ1) is 10.6. The van der Waals surface area contributed by atoms with E-state index in [-0.39, 0.29) is 11.9 Å². The maximum Gasteiger partial charge on any atom is 0.314 e. The molecule has 2 aliphatic rings. The van der Waals surface area contributed by atoms with Gasteiger partial charge in [-0.15, -0.1) is 0 Å². The first-order chi connectivity index (χ1) is 8.07.